The Morgan fingerprint density at radius 2 is 2.00 bits per heavy atom. The summed E-state index contributed by atoms with van der Waals surface area (Å²) >= 11 is 1.40. The van der Waals surface area contributed by atoms with Crippen molar-refractivity contribution in [3.63, 3.8) is 0 Å². The van der Waals surface area contributed by atoms with Gasteiger partial charge in [0, 0.05) is 48.9 Å². The molecular weight excluding hydrogens is 348 g/mol. The highest BCUT2D eigenvalue weighted by Gasteiger charge is 2.32. The molecule has 0 radical (unpaired) electrons. The molecule has 1 aliphatic carbocycles. The van der Waals surface area contributed by atoms with E-state index < -0.39 is 0 Å². The Hall–Kier alpha value is -2.61. The molecule has 0 aromatic carbocycles. The molecule has 1 N–H and O–H groups in total. The molecule has 3 aromatic rings. The summed E-state index contributed by atoms with van der Waals surface area (Å²) in [6.45, 7) is 1.40. The SMILES string of the molecule is O=C(c1csc(-c2ncccn2)n1)N1CCc2[nH]nc(C3CC3)c2CC1. The fraction of sp³-hybridized carbons (Fsp3) is 0.389. The van der Waals surface area contributed by atoms with Gasteiger partial charge in [-0.05, 0) is 30.9 Å². The van der Waals surface area contributed by atoms with Crippen molar-refractivity contribution >= 4 is 17.2 Å². The van der Waals surface area contributed by atoms with Gasteiger partial charge in [0.25, 0.3) is 5.91 Å². The first-order valence-electron chi connectivity index (χ1n) is 8.88. The molecule has 3 aromatic heterocycles. The highest BCUT2D eigenvalue weighted by Crippen LogP contribution is 2.41. The number of aromatic amines is 1. The Morgan fingerprint density at radius 3 is 2.81 bits per heavy atom. The lowest BCUT2D eigenvalue weighted by Gasteiger charge is -2.19. The molecule has 1 amide bonds. The summed E-state index contributed by atoms with van der Waals surface area (Å²) < 4.78 is 0. The first-order valence-corrected chi connectivity index (χ1v) is 9.76. The predicted molar refractivity (Wildman–Crippen MR) is 97.0 cm³/mol. The molecule has 26 heavy (non-hydrogen) atoms. The second kappa shape index (κ2) is 6.28. The second-order valence-corrected chi connectivity index (χ2v) is 7.60. The fourth-order valence-electron chi connectivity index (χ4n) is 3.45. The number of nitrogens with zero attached hydrogens (tertiary/aromatic N) is 5. The van der Waals surface area contributed by atoms with E-state index in [9.17, 15) is 4.79 Å². The van der Waals surface area contributed by atoms with E-state index in [-0.39, 0.29) is 5.91 Å². The highest BCUT2D eigenvalue weighted by molar-refractivity contribution is 7.13. The fourth-order valence-corrected chi connectivity index (χ4v) is 4.19. The third-order valence-electron chi connectivity index (χ3n) is 4.98. The highest BCUT2D eigenvalue weighted by atomic mass is 32.1. The van der Waals surface area contributed by atoms with Crippen LogP contribution in [-0.4, -0.2) is 49.0 Å². The van der Waals surface area contributed by atoms with Crippen molar-refractivity contribution in [3.05, 3.63) is 46.5 Å². The van der Waals surface area contributed by atoms with Crippen molar-refractivity contribution in [2.24, 2.45) is 0 Å². The van der Waals surface area contributed by atoms with Gasteiger partial charge in [-0.1, -0.05) is 0 Å². The van der Waals surface area contributed by atoms with E-state index in [0.717, 1.165) is 12.8 Å². The van der Waals surface area contributed by atoms with Gasteiger partial charge in [-0.25, -0.2) is 15.0 Å². The summed E-state index contributed by atoms with van der Waals surface area (Å²) in [6, 6.07) is 1.76. The van der Waals surface area contributed by atoms with Crippen LogP contribution < -0.4 is 0 Å². The zero-order valence-corrected chi connectivity index (χ0v) is 15.0. The van der Waals surface area contributed by atoms with Crippen molar-refractivity contribution in [3.8, 4) is 10.8 Å². The van der Waals surface area contributed by atoms with Gasteiger partial charge in [-0.3, -0.25) is 9.89 Å². The number of aromatic nitrogens is 5. The molecule has 4 heterocycles. The number of hydrogen-bond acceptors (Lipinski definition) is 6. The Balaban J connectivity index is 1.33. The van der Waals surface area contributed by atoms with Gasteiger partial charge in [0.2, 0.25) is 0 Å². The third-order valence-corrected chi connectivity index (χ3v) is 5.82. The van der Waals surface area contributed by atoms with Crippen LogP contribution in [0, 0.1) is 0 Å². The maximum absolute atomic E-state index is 12.9. The van der Waals surface area contributed by atoms with Crippen LogP contribution in [0.5, 0.6) is 0 Å². The van der Waals surface area contributed by atoms with Crippen LogP contribution in [0.3, 0.4) is 0 Å². The average molecular weight is 366 g/mol. The molecule has 0 unspecified atom stereocenters. The van der Waals surface area contributed by atoms with Crippen LogP contribution in [0.25, 0.3) is 10.8 Å². The number of hydrogen-bond donors (Lipinski definition) is 1. The molecule has 1 fully saturated rings. The summed E-state index contributed by atoms with van der Waals surface area (Å²) in [5.74, 6) is 1.17. The Bertz CT molecular complexity index is 946. The van der Waals surface area contributed by atoms with Gasteiger partial charge >= 0.3 is 0 Å². The van der Waals surface area contributed by atoms with E-state index in [1.54, 1.807) is 23.8 Å². The van der Waals surface area contributed by atoms with E-state index in [1.807, 2.05) is 4.90 Å². The molecular formula is C18H18N6OS. The normalized spacial score (nSPS) is 17.0. The van der Waals surface area contributed by atoms with E-state index in [4.69, 9.17) is 0 Å². The molecule has 8 heteroatoms. The van der Waals surface area contributed by atoms with Crippen LogP contribution in [0.1, 0.15) is 46.2 Å². The number of rotatable bonds is 3. The Labute approximate surface area is 154 Å². The number of fused-ring (bicyclic) bond motifs is 1. The summed E-state index contributed by atoms with van der Waals surface area (Å²) in [6.07, 6.45) is 7.52. The second-order valence-electron chi connectivity index (χ2n) is 6.74. The largest absolute Gasteiger partial charge is 0.337 e. The smallest absolute Gasteiger partial charge is 0.273 e. The van der Waals surface area contributed by atoms with Gasteiger partial charge < -0.3 is 4.90 Å². The molecule has 0 bridgehead atoms. The Kier molecular flexibility index (Phi) is 3.77. The van der Waals surface area contributed by atoms with Crippen LogP contribution in [0.4, 0.5) is 0 Å². The minimum atomic E-state index is -0.0190. The summed E-state index contributed by atoms with van der Waals surface area (Å²) in [4.78, 5) is 27.7. The maximum Gasteiger partial charge on any atom is 0.273 e. The van der Waals surface area contributed by atoms with Crippen LogP contribution in [-0.2, 0) is 12.8 Å². The van der Waals surface area contributed by atoms with Gasteiger partial charge in [0.1, 0.15) is 5.69 Å². The summed E-state index contributed by atoms with van der Waals surface area (Å²) in [5, 5.41) is 10.2. The van der Waals surface area contributed by atoms with Crippen molar-refractivity contribution < 1.29 is 4.79 Å². The van der Waals surface area contributed by atoms with Crippen LogP contribution >= 0.6 is 11.3 Å². The topological polar surface area (TPSA) is 87.7 Å². The van der Waals surface area contributed by atoms with Gasteiger partial charge in [-0.2, -0.15) is 5.10 Å². The first kappa shape index (κ1) is 15.6. The third kappa shape index (κ3) is 2.80. The Morgan fingerprint density at radius 1 is 1.19 bits per heavy atom. The lowest BCUT2D eigenvalue weighted by atomic mass is 10.1. The van der Waals surface area contributed by atoms with E-state index in [1.165, 1.54) is 41.1 Å². The number of thiazole rings is 1. The van der Waals surface area contributed by atoms with Crippen molar-refractivity contribution in [1.82, 2.24) is 30.0 Å². The average Bonchev–Trinajstić information content (AvgIpc) is 3.33. The van der Waals surface area contributed by atoms with E-state index in [2.05, 4.69) is 25.1 Å². The number of H-pyrrole nitrogens is 1. The maximum atomic E-state index is 12.9. The summed E-state index contributed by atoms with van der Waals surface area (Å²) in [7, 11) is 0. The number of carbonyl (C=O) groups is 1. The van der Waals surface area contributed by atoms with Crippen molar-refractivity contribution in [2.45, 2.75) is 31.6 Å². The minimum Gasteiger partial charge on any atom is -0.337 e. The molecule has 7 nitrogen and oxygen atoms in total. The number of amides is 1. The molecule has 2 aliphatic rings. The zero-order valence-electron chi connectivity index (χ0n) is 14.2. The lowest BCUT2D eigenvalue weighted by Crippen LogP contribution is -2.33. The number of nitrogens with one attached hydrogen (secondary N) is 1. The molecule has 0 spiro atoms. The summed E-state index contributed by atoms with van der Waals surface area (Å²) in [5.41, 5.74) is 4.23. The quantitative estimate of drug-likeness (QED) is 0.769. The van der Waals surface area contributed by atoms with Gasteiger partial charge in [0.15, 0.2) is 10.8 Å². The van der Waals surface area contributed by atoms with Crippen molar-refractivity contribution in [1.29, 1.82) is 0 Å². The zero-order chi connectivity index (χ0) is 17.5. The minimum absolute atomic E-state index is 0.0190. The van der Waals surface area contributed by atoms with Gasteiger partial charge in [0.05, 0.1) is 5.69 Å². The molecule has 5 rings (SSSR count). The van der Waals surface area contributed by atoms with E-state index in [0.29, 0.717) is 35.5 Å². The monoisotopic (exact) mass is 366 g/mol. The lowest BCUT2D eigenvalue weighted by molar-refractivity contribution is 0.0757. The van der Waals surface area contributed by atoms with E-state index >= 15 is 0 Å². The van der Waals surface area contributed by atoms with Crippen LogP contribution in [0.2, 0.25) is 0 Å². The van der Waals surface area contributed by atoms with Gasteiger partial charge in [-0.15, -0.1) is 11.3 Å². The molecule has 1 aliphatic heterocycles. The molecule has 1 saturated carbocycles. The molecule has 0 atom stereocenters. The predicted octanol–water partition coefficient (Wildman–Crippen LogP) is 2.44. The first-order chi connectivity index (χ1) is 12.8. The molecule has 0 saturated heterocycles. The van der Waals surface area contributed by atoms with Crippen molar-refractivity contribution in [2.75, 3.05) is 13.1 Å². The standard InChI is InChI=1S/C18H18N6OS/c25-18(14-10-26-17(21-14)16-19-6-1-7-20-16)24-8-4-12-13(5-9-24)22-23-15(12)11-2-3-11/h1,6-7,10-11H,2-5,8-9H2,(H,22,23). The van der Waals surface area contributed by atoms with Crippen LogP contribution in [0.15, 0.2) is 23.8 Å². The number of carbonyl (C=O) groups excluding carboxylic acids is 1. The molecule has 132 valence electrons.